The molecule has 2 N–H and O–H groups in total. The number of aliphatic carboxylic acids is 1. The van der Waals surface area contributed by atoms with Crippen LogP contribution in [0.1, 0.15) is 73.7 Å². The minimum atomic E-state index is -0.979. The van der Waals surface area contributed by atoms with Gasteiger partial charge in [0.1, 0.15) is 6.04 Å². The molecule has 0 aliphatic heterocycles. The predicted molar refractivity (Wildman–Crippen MR) is 108 cm³/mol. The van der Waals surface area contributed by atoms with Crippen LogP contribution in [0, 0.1) is 5.92 Å². The Morgan fingerprint density at radius 3 is 2.38 bits per heavy atom. The van der Waals surface area contributed by atoms with Gasteiger partial charge in [0.2, 0.25) is 0 Å². The summed E-state index contributed by atoms with van der Waals surface area (Å²) in [5.41, 5.74) is 1.83. The van der Waals surface area contributed by atoms with Crippen molar-refractivity contribution >= 4 is 23.6 Å². The Balaban J connectivity index is 1.92. The Hall–Kier alpha value is -1.49. The molecule has 0 radical (unpaired) electrons. The van der Waals surface area contributed by atoms with E-state index in [4.69, 9.17) is 0 Å². The van der Waals surface area contributed by atoms with Crippen molar-refractivity contribution in [2.45, 2.75) is 63.8 Å². The molecule has 1 atom stereocenters. The number of thioether (sulfide) groups is 1. The van der Waals surface area contributed by atoms with Gasteiger partial charge in [0.25, 0.3) is 5.91 Å². The number of nitrogens with one attached hydrogen (secondary N) is 1. The summed E-state index contributed by atoms with van der Waals surface area (Å²) in [6.45, 7) is 2.26. The van der Waals surface area contributed by atoms with E-state index in [0.717, 1.165) is 5.92 Å². The summed E-state index contributed by atoms with van der Waals surface area (Å²) >= 11 is 1.58. The number of carboxylic acids is 1. The number of carbonyl (C=O) groups is 2. The van der Waals surface area contributed by atoms with Crippen LogP contribution in [0.5, 0.6) is 0 Å². The van der Waals surface area contributed by atoms with Crippen LogP contribution in [0.4, 0.5) is 0 Å². The summed E-state index contributed by atoms with van der Waals surface area (Å²) in [7, 11) is 0. The topological polar surface area (TPSA) is 66.4 Å². The summed E-state index contributed by atoms with van der Waals surface area (Å²) in [5.74, 6) is 0.894. The molecule has 1 aliphatic carbocycles. The van der Waals surface area contributed by atoms with Crippen molar-refractivity contribution in [2.75, 3.05) is 12.0 Å². The van der Waals surface area contributed by atoms with E-state index in [1.807, 2.05) is 30.5 Å². The van der Waals surface area contributed by atoms with Crippen molar-refractivity contribution < 1.29 is 14.7 Å². The fourth-order valence-corrected chi connectivity index (χ4v) is 4.31. The van der Waals surface area contributed by atoms with E-state index in [1.54, 1.807) is 11.8 Å². The normalized spacial score (nSPS) is 21.2. The van der Waals surface area contributed by atoms with Gasteiger partial charge in [-0.15, -0.1) is 0 Å². The molecular formula is C21H31NO3S. The lowest BCUT2D eigenvalue weighted by molar-refractivity contribution is -0.139. The molecule has 0 unspecified atom stereocenters. The summed E-state index contributed by atoms with van der Waals surface area (Å²) < 4.78 is 0. The van der Waals surface area contributed by atoms with Gasteiger partial charge in [0, 0.05) is 5.56 Å². The maximum absolute atomic E-state index is 12.3. The summed E-state index contributed by atoms with van der Waals surface area (Å²) in [6.07, 6.45) is 10.0. The van der Waals surface area contributed by atoms with E-state index < -0.39 is 12.0 Å². The van der Waals surface area contributed by atoms with Gasteiger partial charge in [-0.3, -0.25) is 4.79 Å². The zero-order chi connectivity index (χ0) is 18.9. The quantitative estimate of drug-likeness (QED) is 0.655. The average Bonchev–Trinajstić information content (AvgIpc) is 2.66. The lowest BCUT2D eigenvalue weighted by atomic mass is 9.77. The van der Waals surface area contributed by atoms with E-state index in [2.05, 4.69) is 12.2 Å². The lowest BCUT2D eigenvalue weighted by Gasteiger charge is -2.28. The van der Waals surface area contributed by atoms with Crippen molar-refractivity contribution in [3.63, 3.8) is 0 Å². The lowest BCUT2D eigenvalue weighted by Crippen LogP contribution is -2.41. The van der Waals surface area contributed by atoms with Crippen molar-refractivity contribution in [3.8, 4) is 0 Å². The summed E-state index contributed by atoms with van der Waals surface area (Å²) in [6, 6.07) is 6.91. The molecule has 1 saturated carbocycles. The molecule has 0 spiro atoms. The second-order valence-electron chi connectivity index (χ2n) is 7.27. The van der Waals surface area contributed by atoms with Crippen LogP contribution in [0.2, 0.25) is 0 Å². The van der Waals surface area contributed by atoms with Crippen LogP contribution in [0.25, 0.3) is 0 Å². The highest BCUT2D eigenvalue weighted by Gasteiger charge is 2.23. The minimum absolute atomic E-state index is 0.309. The second kappa shape index (κ2) is 10.6. The van der Waals surface area contributed by atoms with Crippen molar-refractivity contribution in [2.24, 2.45) is 5.92 Å². The summed E-state index contributed by atoms with van der Waals surface area (Å²) in [5, 5.41) is 11.9. The zero-order valence-corrected chi connectivity index (χ0v) is 16.7. The van der Waals surface area contributed by atoms with E-state index in [9.17, 15) is 14.7 Å². The molecule has 1 fully saturated rings. The average molecular weight is 378 g/mol. The van der Waals surface area contributed by atoms with E-state index in [1.165, 1.54) is 44.1 Å². The Bertz CT molecular complexity index is 579. The van der Waals surface area contributed by atoms with Crippen molar-refractivity contribution in [1.82, 2.24) is 5.32 Å². The van der Waals surface area contributed by atoms with Crippen molar-refractivity contribution in [1.29, 1.82) is 0 Å². The molecular weight excluding hydrogens is 346 g/mol. The zero-order valence-electron chi connectivity index (χ0n) is 15.9. The smallest absolute Gasteiger partial charge is 0.326 e. The molecule has 1 amide bonds. The molecule has 2 rings (SSSR count). The number of hydrogen-bond acceptors (Lipinski definition) is 3. The first-order valence-electron chi connectivity index (χ1n) is 9.67. The Morgan fingerprint density at radius 1 is 1.19 bits per heavy atom. The number of amides is 1. The molecule has 0 aromatic heterocycles. The van der Waals surface area contributed by atoms with Crippen LogP contribution in [-0.2, 0) is 4.79 Å². The van der Waals surface area contributed by atoms with Gasteiger partial charge < -0.3 is 10.4 Å². The number of benzene rings is 1. The molecule has 1 aromatic carbocycles. The highest BCUT2D eigenvalue weighted by Crippen LogP contribution is 2.37. The van der Waals surface area contributed by atoms with Gasteiger partial charge in [-0.2, -0.15) is 11.8 Å². The van der Waals surface area contributed by atoms with Crippen molar-refractivity contribution in [3.05, 3.63) is 35.4 Å². The molecule has 1 aromatic rings. The predicted octanol–water partition coefficient (Wildman–Crippen LogP) is 4.70. The third kappa shape index (κ3) is 6.04. The van der Waals surface area contributed by atoms with Gasteiger partial charge in [0.15, 0.2) is 0 Å². The fraction of sp³-hybridized carbons (Fsp3) is 0.619. The SMILES string of the molecule is CCCC1CCC(c2ccc(C(=O)N[C@H](CCSC)C(=O)O)cc2)CC1. The molecule has 1 aliphatic rings. The van der Waals surface area contributed by atoms with E-state index in [0.29, 0.717) is 23.7 Å². The molecule has 4 nitrogen and oxygen atoms in total. The largest absolute Gasteiger partial charge is 0.480 e. The van der Waals surface area contributed by atoms with Gasteiger partial charge in [-0.05, 0) is 73.6 Å². The maximum atomic E-state index is 12.3. The third-order valence-electron chi connectivity index (χ3n) is 5.40. The Labute approximate surface area is 161 Å². The van der Waals surface area contributed by atoms with Crippen LogP contribution >= 0.6 is 11.8 Å². The van der Waals surface area contributed by atoms with Crippen LogP contribution in [-0.4, -0.2) is 35.0 Å². The first kappa shape index (κ1) is 20.8. The molecule has 0 saturated heterocycles. The number of hydrogen-bond donors (Lipinski definition) is 2. The first-order valence-corrected chi connectivity index (χ1v) is 11.1. The minimum Gasteiger partial charge on any atom is -0.480 e. The van der Waals surface area contributed by atoms with E-state index in [-0.39, 0.29) is 5.91 Å². The number of carboxylic acid groups (broad SMARTS) is 1. The van der Waals surface area contributed by atoms with E-state index >= 15 is 0 Å². The molecule has 144 valence electrons. The molecule has 0 heterocycles. The summed E-state index contributed by atoms with van der Waals surface area (Å²) in [4.78, 5) is 23.6. The van der Waals surface area contributed by atoms with Gasteiger partial charge in [-0.1, -0.05) is 31.9 Å². The van der Waals surface area contributed by atoms with Crippen LogP contribution in [0.15, 0.2) is 24.3 Å². The first-order chi connectivity index (χ1) is 12.5. The fourth-order valence-electron chi connectivity index (χ4n) is 3.83. The molecule has 5 heteroatoms. The van der Waals surface area contributed by atoms with Gasteiger partial charge in [0.05, 0.1) is 0 Å². The van der Waals surface area contributed by atoms with Gasteiger partial charge in [-0.25, -0.2) is 4.79 Å². The maximum Gasteiger partial charge on any atom is 0.326 e. The molecule has 0 bridgehead atoms. The standard InChI is InChI=1S/C21H31NO3S/c1-3-4-15-5-7-16(8-6-15)17-9-11-18(12-10-17)20(23)22-19(21(24)25)13-14-26-2/h9-12,15-16,19H,3-8,13-14H2,1-2H3,(H,22,23)(H,24,25)/t15?,16?,19-/m1/s1. The Kier molecular flexibility index (Phi) is 8.49. The number of carbonyl (C=O) groups excluding carboxylic acids is 1. The number of rotatable bonds is 9. The highest BCUT2D eigenvalue weighted by atomic mass is 32.2. The van der Waals surface area contributed by atoms with Crippen LogP contribution < -0.4 is 5.32 Å². The monoisotopic (exact) mass is 377 g/mol. The highest BCUT2D eigenvalue weighted by molar-refractivity contribution is 7.98. The Morgan fingerprint density at radius 2 is 1.85 bits per heavy atom. The third-order valence-corrected chi connectivity index (χ3v) is 6.05. The van der Waals surface area contributed by atoms with Crippen LogP contribution in [0.3, 0.4) is 0 Å². The second-order valence-corrected chi connectivity index (χ2v) is 8.26. The molecule has 26 heavy (non-hydrogen) atoms. The van der Waals surface area contributed by atoms with Gasteiger partial charge >= 0.3 is 5.97 Å².